The minimum atomic E-state index is -0.204. The average molecular weight is 417 g/mol. The molecule has 0 bridgehead atoms. The molecule has 1 saturated carbocycles. The number of carbonyl (C=O) groups is 1. The Morgan fingerprint density at radius 1 is 1.10 bits per heavy atom. The van der Waals surface area contributed by atoms with E-state index in [1.807, 2.05) is 37.3 Å². The Kier molecular flexibility index (Phi) is 7.04. The van der Waals surface area contributed by atoms with Crippen LogP contribution in [-0.4, -0.2) is 26.7 Å². The van der Waals surface area contributed by atoms with Gasteiger partial charge in [0, 0.05) is 16.1 Å². The Bertz CT molecular complexity index is 833. The number of nitrogens with one attached hydrogen (secondary N) is 2. The first-order valence-electron chi connectivity index (χ1n) is 10.00. The first-order chi connectivity index (χ1) is 14.0. The molecule has 1 atom stereocenters. The molecule has 2 aromatic rings. The zero-order valence-electron chi connectivity index (χ0n) is 17.3. The van der Waals surface area contributed by atoms with Crippen molar-refractivity contribution in [3.8, 4) is 11.5 Å². The Labute approximate surface area is 177 Å². The quantitative estimate of drug-likeness (QED) is 0.660. The number of halogens is 1. The molecule has 6 heteroatoms. The van der Waals surface area contributed by atoms with Gasteiger partial charge in [0.1, 0.15) is 11.5 Å². The molecule has 0 heterocycles. The van der Waals surface area contributed by atoms with E-state index in [1.54, 1.807) is 14.2 Å². The van der Waals surface area contributed by atoms with E-state index in [9.17, 15) is 4.79 Å². The van der Waals surface area contributed by atoms with Crippen LogP contribution >= 0.6 is 11.6 Å². The molecule has 1 amide bonds. The van der Waals surface area contributed by atoms with Gasteiger partial charge in [-0.05, 0) is 55.7 Å². The van der Waals surface area contributed by atoms with Gasteiger partial charge in [0.05, 0.1) is 26.8 Å². The van der Waals surface area contributed by atoms with E-state index in [0.29, 0.717) is 0 Å². The van der Waals surface area contributed by atoms with E-state index < -0.39 is 0 Å². The Morgan fingerprint density at radius 3 is 2.41 bits per heavy atom. The molecule has 29 heavy (non-hydrogen) atoms. The van der Waals surface area contributed by atoms with Crippen molar-refractivity contribution in [2.75, 3.05) is 20.8 Å². The first-order valence-corrected chi connectivity index (χ1v) is 10.4. The summed E-state index contributed by atoms with van der Waals surface area (Å²) >= 11 is 6.05. The van der Waals surface area contributed by atoms with Crippen molar-refractivity contribution >= 4 is 17.5 Å². The molecule has 0 aromatic heterocycles. The van der Waals surface area contributed by atoms with Gasteiger partial charge in [-0.1, -0.05) is 36.6 Å². The fourth-order valence-electron chi connectivity index (χ4n) is 4.11. The SMILES string of the molecule is COc1ccc(OC)c(C(C)NC(=O)CNC2(c3ccc(Cl)cc3)CCCC2)c1. The predicted molar refractivity (Wildman–Crippen MR) is 116 cm³/mol. The predicted octanol–water partition coefficient (Wildman–Crippen LogP) is 4.59. The third-order valence-corrected chi connectivity index (χ3v) is 5.97. The average Bonchev–Trinajstić information content (AvgIpc) is 3.22. The van der Waals surface area contributed by atoms with Crippen LogP contribution in [0.25, 0.3) is 0 Å². The lowest BCUT2D eigenvalue weighted by atomic mass is 9.88. The molecule has 1 aliphatic rings. The number of hydrogen-bond donors (Lipinski definition) is 2. The van der Waals surface area contributed by atoms with Crippen LogP contribution in [0.5, 0.6) is 11.5 Å². The van der Waals surface area contributed by atoms with Crippen molar-refractivity contribution in [3.63, 3.8) is 0 Å². The molecule has 0 spiro atoms. The van der Waals surface area contributed by atoms with E-state index in [1.165, 1.54) is 5.56 Å². The molecule has 0 radical (unpaired) electrons. The van der Waals surface area contributed by atoms with E-state index in [-0.39, 0.29) is 24.0 Å². The highest BCUT2D eigenvalue weighted by Crippen LogP contribution is 2.39. The van der Waals surface area contributed by atoms with Crippen molar-refractivity contribution in [2.24, 2.45) is 0 Å². The highest BCUT2D eigenvalue weighted by atomic mass is 35.5. The van der Waals surface area contributed by atoms with Gasteiger partial charge in [-0.25, -0.2) is 0 Å². The highest BCUT2D eigenvalue weighted by molar-refractivity contribution is 6.30. The normalized spacial score (nSPS) is 16.3. The van der Waals surface area contributed by atoms with Gasteiger partial charge in [-0.2, -0.15) is 0 Å². The van der Waals surface area contributed by atoms with Gasteiger partial charge >= 0.3 is 0 Å². The number of ether oxygens (including phenoxy) is 2. The van der Waals surface area contributed by atoms with E-state index in [4.69, 9.17) is 21.1 Å². The molecule has 2 aromatic carbocycles. The monoisotopic (exact) mass is 416 g/mol. The summed E-state index contributed by atoms with van der Waals surface area (Å²) in [6.45, 7) is 2.19. The fourth-order valence-corrected chi connectivity index (χ4v) is 4.24. The van der Waals surface area contributed by atoms with Crippen LogP contribution in [0, 0.1) is 0 Å². The summed E-state index contributed by atoms with van der Waals surface area (Å²) in [4.78, 5) is 12.7. The number of methoxy groups -OCH3 is 2. The number of carbonyl (C=O) groups excluding carboxylic acids is 1. The van der Waals surface area contributed by atoms with E-state index >= 15 is 0 Å². The zero-order valence-corrected chi connectivity index (χ0v) is 18.0. The minimum absolute atomic E-state index is 0.0531. The van der Waals surface area contributed by atoms with Crippen LogP contribution in [0.15, 0.2) is 42.5 Å². The topological polar surface area (TPSA) is 59.6 Å². The molecule has 2 N–H and O–H groups in total. The standard InChI is InChI=1S/C23H29ClN2O3/c1-16(20-14-19(28-2)10-11-21(20)29-3)26-22(27)15-25-23(12-4-5-13-23)17-6-8-18(24)9-7-17/h6-11,14,16,25H,4-5,12-13,15H2,1-3H3,(H,26,27). The lowest BCUT2D eigenvalue weighted by molar-refractivity contribution is -0.121. The third kappa shape index (κ3) is 5.03. The number of amides is 1. The lowest BCUT2D eigenvalue weighted by Crippen LogP contribution is -2.45. The van der Waals surface area contributed by atoms with Crippen LogP contribution in [0.4, 0.5) is 0 Å². The van der Waals surface area contributed by atoms with Gasteiger partial charge in [-0.15, -0.1) is 0 Å². The smallest absolute Gasteiger partial charge is 0.234 e. The van der Waals surface area contributed by atoms with Crippen molar-refractivity contribution in [1.29, 1.82) is 0 Å². The summed E-state index contributed by atoms with van der Waals surface area (Å²) in [6.07, 6.45) is 4.33. The van der Waals surface area contributed by atoms with Crippen LogP contribution in [-0.2, 0) is 10.3 Å². The van der Waals surface area contributed by atoms with Gasteiger partial charge in [0.2, 0.25) is 5.91 Å². The molecule has 3 rings (SSSR count). The highest BCUT2D eigenvalue weighted by Gasteiger charge is 2.35. The lowest BCUT2D eigenvalue weighted by Gasteiger charge is -2.31. The van der Waals surface area contributed by atoms with Gasteiger partial charge in [0.15, 0.2) is 0 Å². The Balaban J connectivity index is 1.66. The van der Waals surface area contributed by atoms with Crippen LogP contribution < -0.4 is 20.1 Å². The van der Waals surface area contributed by atoms with E-state index in [2.05, 4.69) is 22.8 Å². The maximum absolute atomic E-state index is 12.7. The van der Waals surface area contributed by atoms with E-state index in [0.717, 1.165) is 47.8 Å². The third-order valence-electron chi connectivity index (χ3n) is 5.72. The fraction of sp³-hybridized carbons (Fsp3) is 0.435. The number of rotatable bonds is 8. The molecule has 1 unspecified atom stereocenters. The van der Waals surface area contributed by atoms with Crippen LogP contribution in [0.1, 0.15) is 49.8 Å². The summed E-state index contributed by atoms with van der Waals surface area (Å²) in [5.41, 5.74) is 1.90. The van der Waals surface area contributed by atoms with Gasteiger partial charge < -0.3 is 14.8 Å². The summed E-state index contributed by atoms with van der Waals surface area (Å²) in [7, 11) is 3.24. The summed E-state index contributed by atoms with van der Waals surface area (Å²) in [5, 5.41) is 7.32. The second-order valence-corrected chi connectivity index (χ2v) is 7.98. The summed E-state index contributed by atoms with van der Waals surface area (Å²) in [5.74, 6) is 1.40. The van der Waals surface area contributed by atoms with Crippen LogP contribution in [0.3, 0.4) is 0 Å². The summed E-state index contributed by atoms with van der Waals surface area (Å²) < 4.78 is 10.7. The molecule has 0 aliphatic heterocycles. The zero-order chi connectivity index (χ0) is 20.9. The second-order valence-electron chi connectivity index (χ2n) is 7.55. The van der Waals surface area contributed by atoms with Crippen LogP contribution in [0.2, 0.25) is 5.02 Å². The second kappa shape index (κ2) is 9.51. The minimum Gasteiger partial charge on any atom is -0.497 e. The molecule has 156 valence electrons. The van der Waals surface area contributed by atoms with Crippen molar-refractivity contribution in [2.45, 2.75) is 44.2 Å². The van der Waals surface area contributed by atoms with Crippen molar-refractivity contribution < 1.29 is 14.3 Å². The first kappa shape index (κ1) is 21.5. The molecule has 0 saturated heterocycles. The van der Waals surface area contributed by atoms with Crippen molar-refractivity contribution in [1.82, 2.24) is 10.6 Å². The molecule has 1 fully saturated rings. The molecule has 5 nitrogen and oxygen atoms in total. The van der Waals surface area contributed by atoms with Gasteiger partial charge in [-0.3, -0.25) is 10.1 Å². The number of hydrogen-bond acceptors (Lipinski definition) is 4. The maximum Gasteiger partial charge on any atom is 0.234 e. The maximum atomic E-state index is 12.7. The molecule has 1 aliphatic carbocycles. The van der Waals surface area contributed by atoms with Crippen molar-refractivity contribution in [3.05, 3.63) is 58.6 Å². The summed E-state index contributed by atoms with van der Waals surface area (Å²) in [6, 6.07) is 13.3. The molecular weight excluding hydrogens is 388 g/mol. The number of benzene rings is 2. The van der Waals surface area contributed by atoms with Gasteiger partial charge in [0.25, 0.3) is 0 Å². The largest absolute Gasteiger partial charge is 0.497 e. The Morgan fingerprint density at radius 2 is 1.79 bits per heavy atom. The molecular formula is C23H29ClN2O3. The Hall–Kier alpha value is -2.24.